The summed E-state index contributed by atoms with van der Waals surface area (Å²) in [5, 5.41) is 31.5. The highest BCUT2D eigenvalue weighted by Crippen LogP contribution is 2.38. The highest BCUT2D eigenvalue weighted by Gasteiger charge is 2.26. The van der Waals surface area contributed by atoms with Gasteiger partial charge in [-0.05, 0) is 71.1 Å². The summed E-state index contributed by atoms with van der Waals surface area (Å²) < 4.78 is 8.98. The number of hydrogen-bond acceptors (Lipinski definition) is 8. The monoisotopic (exact) mass is 543 g/mol. The molecule has 0 saturated carbocycles. The van der Waals surface area contributed by atoms with Crippen molar-refractivity contribution in [3.05, 3.63) is 75.8 Å². The minimum Gasteiger partial charge on any atom is -0.493 e. The van der Waals surface area contributed by atoms with Gasteiger partial charge >= 0.3 is 5.97 Å². The van der Waals surface area contributed by atoms with Crippen molar-refractivity contribution < 1.29 is 19.7 Å². The van der Waals surface area contributed by atoms with E-state index in [1.54, 1.807) is 28.2 Å². The molecule has 200 valence electrons. The number of aliphatic carboxylic acids is 1. The van der Waals surface area contributed by atoms with Crippen molar-refractivity contribution in [1.82, 2.24) is 24.9 Å². The lowest BCUT2D eigenvalue weighted by Crippen LogP contribution is -2.30. The number of carbonyl (C=O) groups is 1. The van der Waals surface area contributed by atoms with Gasteiger partial charge in [0.1, 0.15) is 23.1 Å². The Morgan fingerprint density at radius 1 is 1.23 bits per heavy atom. The predicted molar refractivity (Wildman–Crippen MR) is 149 cm³/mol. The van der Waals surface area contributed by atoms with E-state index in [4.69, 9.17) is 4.74 Å². The van der Waals surface area contributed by atoms with E-state index in [1.807, 2.05) is 33.0 Å². The summed E-state index contributed by atoms with van der Waals surface area (Å²) in [5.41, 5.74) is 6.37. The van der Waals surface area contributed by atoms with E-state index in [0.29, 0.717) is 31.1 Å². The molecule has 0 spiro atoms. The van der Waals surface area contributed by atoms with Gasteiger partial charge in [0.2, 0.25) is 5.88 Å². The van der Waals surface area contributed by atoms with Crippen molar-refractivity contribution in [2.24, 2.45) is 7.05 Å². The van der Waals surface area contributed by atoms with Crippen LogP contribution in [0, 0.1) is 6.92 Å². The predicted octanol–water partition coefficient (Wildman–Crippen LogP) is 4.98. The van der Waals surface area contributed by atoms with Crippen molar-refractivity contribution in [2.45, 2.75) is 45.4 Å². The van der Waals surface area contributed by atoms with Crippen LogP contribution in [-0.2, 0) is 24.9 Å². The third kappa shape index (κ3) is 4.81. The molecule has 3 aromatic heterocycles. The number of carboxylic acids is 1. The second-order valence-corrected chi connectivity index (χ2v) is 11.2. The molecule has 2 N–H and O–H groups in total. The SMILES string of the molecule is Cc1c([C@@H](CC(=O)O)c2cc(CN3Cc4nc(O)ccc4O[C@H](C)C3)c3sccc3c2)ccc2c1nnn2C. The molecule has 2 aromatic carbocycles. The first-order chi connectivity index (χ1) is 18.8. The second-order valence-electron chi connectivity index (χ2n) is 10.2. The van der Waals surface area contributed by atoms with Crippen LogP contribution in [0.5, 0.6) is 11.6 Å². The first-order valence-corrected chi connectivity index (χ1v) is 13.7. The van der Waals surface area contributed by atoms with Crippen LogP contribution < -0.4 is 4.74 Å². The number of thiophene rings is 1. The molecular formula is C29H29N5O4S. The molecule has 5 aromatic rings. The number of pyridine rings is 1. The Hall–Kier alpha value is -4.02. The van der Waals surface area contributed by atoms with Gasteiger partial charge in [-0.3, -0.25) is 9.69 Å². The minimum atomic E-state index is -0.855. The number of hydrogen-bond donors (Lipinski definition) is 2. The molecule has 6 rings (SSSR count). The van der Waals surface area contributed by atoms with E-state index < -0.39 is 5.97 Å². The Morgan fingerprint density at radius 3 is 2.90 bits per heavy atom. The molecule has 1 aliphatic heterocycles. The Morgan fingerprint density at radius 2 is 2.08 bits per heavy atom. The average molecular weight is 544 g/mol. The molecule has 10 heteroatoms. The first kappa shape index (κ1) is 25.3. The summed E-state index contributed by atoms with van der Waals surface area (Å²) in [6.07, 6.45) is -0.0898. The van der Waals surface area contributed by atoms with Gasteiger partial charge in [-0.15, -0.1) is 16.4 Å². The van der Waals surface area contributed by atoms with Crippen molar-refractivity contribution in [3.63, 3.8) is 0 Å². The van der Waals surface area contributed by atoms with Gasteiger partial charge in [-0.2, -0.15) is 0 Å². The maximum atomic E-state index is 12.1. The lowest BCUT2D eigenvalue weighted by atomic mass is 9.84. The Balaban J connectivity index is 1.42. The number of ether oxygens (including phenoxy) is 1. The fourth-order valence-corrected chi connectivity index (χ4v) is 6.55. The molecule has 0 amide bonds. The van der Waals surface area contributed by atoms with Crippen LogP contribution in [0.25, 0.3) is 21.1 Å². The number of rotatable bonds is 6. The maximum absolute atomic E-state index is 12.1. The number of aryl methyl sites for hydroxylation is 2. The zero-order valence-electron chi connectivity index (χ0n) is 22.0. The van der Waals surface area contributed by atoms with Gasteiger partial charge in [0.15, 0.2) is 0 Å². The van der Waals surface area contributed by atoms with E-state index in [0.717, 1.165) is 38.7 Å². The summed E-state index contributed by atoms with van der Waals surface area (Å²) in [5.74, 6) is -0.537. The fraction of sp³-hybridized carbons (Fsp3) is 0.310. The van der Waals surface area contributed by atoms with Gasteiger partial charge in [0.25, 0.3) is 0 Å². The quantitative estimate of drug-likeness (QED) is 0.308. The molecule has 2 atom stereocenters. The number of carboxylic acid groups (broad SMARTS) is 1. The van der Waals surface area contributed by atoms with Crippen LogP contribution in [0.1, 0.15) is 47.2 Å². The lowest BCUT2D eigenvalue weighted by Gasteiger charge is -2.24. The minimum absolute atomic E-state index is 0.0264. The number of benzene rings is 2. The van der Waals surface area contributed by atoms with Crippen molar-refractivity contribution in [2.75, 3.05) is 6.54 Å². The van der Waals surface area contributed by atoms with Crippen molar-refractivity contribution >= 4 is 38.4 Å². The number of nitrogens with zero attached hydrogens (tertiary/aromatic N) is 5. The largest absolute Gasteiger partial charge is 0.493 e. The molecule has 39 heavy (non-hydrogen) atoms. The fourth-order valence-electron chi connectivity index (χ4n) is 5.66. The van der Waals surface area contributed by atoms with Crippen LogP contribution in [0.3, 0.4) is 0 Å². The van der Waals surface area contributed by atoms with Crippen molar-refractivity contribution in [3.8, 4) is 11.6 Å². The summed E-state index contributed by atoms with van der Waals surface area (Å²) >= 11 is 1.68. The van der Waals surface area contributed by atoms with Gasteiger partial charge < -0.3 is 14.9 Å². The van der Waals surface area contributed by atoms with Crippen LogP contribution in [0.2, 0.25) is 0 Å². The highest BCUT2D eigenvalue weighted by molar-refractivity contribution is 7.17. The summed E-state index contributed by atoms with van der Waals surface area (Å²) in [6.45, 7) is 5.88. The topological polar surface area (TPSA) is 114 Å². The molecule has 0 aliphatic carbocycles. The lowest BCUT2D eigenvalue weighted by molar-refractivity contribution is -0.137. The summed E-state index contributed by atoms with van der Waals surface area (Å²) in [6, 6.07) is 13.6. The van der Waals surface area contributed by atoms with E-state index in [1.165, 1.54) is 4.70 Å². The molecule has 0 bridgehead atoms. The number of aromatic nitrogens is 4. The van der Waals surface area contributed by atoms with Gasteiger partial charge in [-0.1, -0.05) is 17.3 Å². The Labute approximate surface area is 229 Å². The standard InChI is InChI=1S/C29H29N5O4S/c1-16-13-34(15-23-25(38-16)6-7-26(35)30-23)14-20-11-19(10-18-8-9-39-29(18)20)22(12-27(36)37)21-4-5-24-28(17(21)2)31-32-33(24)3/h4-11,16,22H,12-15H2,1-3H3,(H,30,35)(H,36,37)/t16-,22+/m1/s1. The van der Waals surface area contributed by atoms with Crippen LogP contribution in [0.15, 0.2) is 47.8 Å². The molecular weight excluding hydrogens is 514 g/mol. The van der Waals surface area contributed by atoms with Gasteiger partial charge in [0, 0.05) is 43.4 Å². The van der Waals surface area contributed by atoms with Crippen LogP contribution in [0.4, 0.5) is 0 Å². The maximum Gasteiger partial charge on any atom is 0.304 e. The smallest absolute Gasteiger partial charge is 0.304 e. The Bertz CT molecular complexity index is 1710. The molecule has 0 fully saturated rings. The van der Waals surface area contributed by atoms with E-state index in [9.17, 15) is 15.0 Å². The third-order valence-electron chi connectivity index (χ3n) is 7.41. The van der Waals surface area contributed by atoms with Crippen LogP contribution >= 0.6 is 11.3 Å². The van der Waals surface area contributed by atoms with Crippen molar-refractivity contribution in [1.29, 1.82) is 0 Å². The average Bonchev–Trinajstić information content (AvgIpc) is 3.48. The number of fused-ring (bicyclic) bond motifs is 3. The first-order valence-electron chi connectivity index (χ1n) is 12.9. The van der Waals surface area contributed by atoms with E-state index in [2.05, 4.69) is 43.8 Å². The zero-order valence-corrected chi connectivity index (χ0v) is 22.8. The van der Waals surface area contributed by atoms with Crippen LogP contribution in [-0.4, -0.2) is 53.7 Å². The number of aromatic hydroxyl groups is 1. The second kappa shape index (κ2) is 9.94. The third-order valence-corrected chi connectivity index (χ3v) is 8.42. The van der Waals surface area contributed by atoms with Gasteiger partial charge in [0.05, 0.1) is 11.9 Å². The van der Waals surface area contributed by atoms with E-state index >= 15 is 0 Å². The highest BCUT2D eigenvalue weighted by atomic mass is 32.1. The summed E-state index contributed by atoms with van der Waals surface area (Å²) in [7, 11) is 1.85. The zero-order chi connectivity index (χ0) is 27.3. The summed E-state index contributed by atoms with van der Waals surface area (Å²) in [4.78, 5) is 18.7. The normalized spacial score (nSPS) is 16.6. The molecule has 9 nitrogen and oxygen atoms in total. The van der Waals surface area contributed by atoms with Gasteiger partial charge in [-0.25, -0.2) is 9.67 Å². The van der Waals surface area contributed by atoms with E-state index in [-0.39, 0.29) is 24.3 Å². The molecule has 0 saturated heterocycles. The molecule has 0 radical (unpaired) electrons. The molecule has 0 unspecified atom stereocenters. The Kier molecular flexibility index (Phi) is 6.44. The molecule has 1 aliphatic rings. The molecule has 4 heterocycles.